The number of rotatable bonds is 4. The third-order valence-corrected chi connectivity index (χ3v) is 3.02. The topological polar surface area (TPSA) is 51.5 Å². The van der Waals surface area contributed by atoms with Crippen LogP contribution < -0.4 is 14.2 Å². The summed E-state index contributed by atoms with van der Waals surface area (Å²) in [4.78, 5) is 0. The highest BCUT2D eigenvalue weighted by Gasteiger charge is 2.34. The quantitative estimate of drug-likeness (QED) is 0.837. The van der Waals surface area contributed by atoms with Crippen LogP contribution in [0.25, 0.3) is 0 Å². The van der Waals surface area contributed by atoms with Crippen LogP contribution in [-0.4, -0.2) is 14.2 Å². The van der Waals surface area contributed by atoms with Gasteiger partial charge in [-0.2, -0.15) is 18.4 Å². The summed E-state index contributed by atoms with van der Waals surface area (Å²) >= 11 is 0. The van der Waals surface area contributed by atoms with Crippen molar-refractivity contribution >= 4 is 0 Å². The lowest BCUT2D eigenvalue weighted by molar-refractivity contribution is -0.137. The van der Waals surface area contributed by atoms with Crippen LogP contribution in [0.3, 0.4) is 0 Å². The molecule has 0 bridgehead atoms. The molecule has 23 heavy (non-hydrogen) atoms. The van der Waals surface area contributed by atoms with Crippen molar-refractivity contribution in [2.24, 2.45) is 0 Å². The summed E-state index contributed by atoms with van der Waals surface area (Å²) in [5, 5.41) is 8.80. The molecule has 0 radical (unpaired) electrons. The SMILES string of the molecule is COc1cccc(OC)c1Oc1ccc(C#N)c(C(F)(F)F)c1. The Balaban J connectivity index is 2.48. The van der Waals surface area contributed by atoms with Gasteiger partial charge < -0.3 is 14.2 Å². The zero-order valence-electron chi connectivity index (χ0n) is 12.3. The summed E-state index contributed by atoms with van der Waals surface area (Å²) < 4.78 is 54.7. The van der Waals surface area contributed by atoms with E-state index in [1.54, 1.807) is 18.2 Å². The Kier molecular flexibility index (Phi) is 4.65. The number of hydrogen-bond donors (Lipinski definition) is 0. The van der Waals surface area contributed by atoms with Crippen LogP contribution in [0, 0.1) is 11.3 Å². The van der Waals surface area contributed by atoms with Gasteiger partial charge in [0.25, 0.3) is 0 Å². The number of halogens is 3. The Morgan fingerprint density at radius 2 is 1.61 bits per heavy atom. The third kappa shape index (κ3) is 3.48. The summed E-state index contributed by atoms with van der Waals surface area (Å²) in [5.74, 6) is 0.680. The maximum atomic E-state index is 13.0. The summed E-state index contributed by atoms with van der Waals surface area (Å²) in [7, 11) is 2.81. The van der Waals surface area contributed by atoms with Crippen molar-refractivity contribution < 1.29 is 27.4 Å². The highest BCUT2D eigenvalue weighted by atomic mass is 19.4. The minimum Gasteiger partial charge on any atom is -0.493 e. The van der Waals surface area contributed by atoms with Crippen molar-refractivity contribution in [3.05, 3.63) is 47.5 Å². The first-order valence-electron chi connectivity index (χ1n) is 6.41. The van der Waals surface area contributed by atoms with Gasteiger partial charge in [0.2, 0.25) is 5.75 Å². The van der Waals surface area contributed by atoms with Crippen LogP contribution in [0.2, 0.25) is 0 Å². The first-order chi connectivity index (χ1) is 10.9. The molecular weight excluding hydrogens is 311 g/mol. The summed E-state index contributed by atoms with van der Waals surface area (Å²) in [6.45, 7) is 0. The van der Waals surface area contributed by atoms with Crippen LogP contribution in [0.4, 0.5) is 13.2 Å². The molecule has 0 spiro atoms. The van der Waals surface area contributed by atoms with Gasteiger partial charge in [-0.1, -0.05) is 6.07 Å². The standard InChI is InChI=1S/C16H12F3NO3/c1-21-13-4-3-5-14(22-2)15(13)23-11-7-6-10(9-20)12(8-11)16(17,18)19/h3-8H,1-2H3. The molecule has 0 fully saturated rings. The van der Waals surface area contributed by atoms with E-state index in [9.17, 15) is 13.2 Å². The molecule has 0 aliphatic heterocycles. The summed E-state index contributed by atoms with van der Waals surface area (Å²) in [6, 6.07) is 9.45. The van der Waals surface area contributed by atoms with E-state index in [1.807, 2.05) is 0 Å². The number of para-hydroxylation sites is 1. The number of ether oxygens (including phenoxy) is 3. The Morgan fingerprint density at radius 3 is 2.09 bits per heavy atom. The average molecular weight is 323 g/mol. The van der Waals surface area contributed by atoms with Crippen LogP contribution >= 0.6 is 0 Å². The number of benzene rings is 2. The lowest BCUT2D eigenvalue weighted by Gasteiger charge is -2.15. The highest BCUT2D eigenvalue weighted by molar-refractivity contribution is 5.54. The zero-order valence-corrected chi connectivity index (χ0v) is 12.3. The molecule has 0 N–H and O–H groups in total. The third-order valence-electron chi connectivity index (χ3n) is 3.02. The number of nitrogens with zero attached hydrogens (tertiary/aromatic N) is 1. The fraction of sp³-hybridized carbons (Fsp3) is 0.188. The van der Waals surface area contributed by atoms with Crippen molar-refractivity contribution in [1.82, 2.24) is 0 Å². The van der Waals surface area contributed by atoms with Gasteiger partial charge in [0.15, 0.2) is 11.5 Å². The van der Waals surface area contributed by atoms with Gasteiger partial charge in [0.05, 0.1) is 31.4 Å². The molecule has 0 saturated heterocycles. The molecule has 0 saturated carbocycles. The fourth-order valence-corrected chi connectivity index (χ4v) is 1.95. The average Bonchev–Trinajstić information content (AvgIpc) is 2.54. The van der Waals surface area contributed by atoms with Crippen LogP contribution in [0.15, 0.2) is 36.4 Å². The second-order valence-corrected chi connectivity index (χ2v) is 4.41. The molecule has 7 heteroatoms. The van der Waals surface area contributed by atoms with Crippen molar-refractivity contribution in [1.29, 1.82) is 5.26 Å². The Hall–Kier alpha value is -2.88. The van der Waals surface area contributed by atoms with Crippen LogP contribution in [0.1, 0.15) is 11.1 Å². The number of hydrogen-bond acceptors (Lipinski definition) is 4. The van der Waals surface area contributed by atoms with Gasteiger partial charge in [-0.25, -0.2) is 0 Å². The normalized spacial score (nSPS) is 10.8. The smallest absolute Gasteiger partial charge is 0.417 e. The molecule has 2 aromatic rings. The lowest BCUT2D eigenvalue weighted by Crippen LogP contribution is -2.08. The van der Waals surface area contributed by atoms with E-state index in [-0.39, 0.29) is 11.5 Å². The van der Waals surface area contributed by atoms with Crippen molar-refractivity contribution in [2.75, 3.05) is 14.2 Å². The van der Waals surface area contributed by atoms with E-state index in [0.29, 0.717) is 11.5 Å². The molecule has 0 aliphatic carbocycles. The summed E-state index contributed by atoms with van der Waals surface area (Å²) in [5.41, 5.74) is -1.54. The number of nitriles is 1. The first kappa shape index (κ1) is 16.5. The molecule has 4 nitrogen and oxygen atoms in total. The van der Waals surface area contributed by atoms with Crippen LogP contribution in [-0.2, 0) is 6.18 Å². The predicted molar refractivity (Wildman–Crippen MR) is 75.8 cm³/mol. The summed E-state index contributed by atoms with van der Waals surface area (Å²) in [6.07, 6.45) is -4.66. The van der Waals surface area contributed by atoms with E-state index in [4.69, 9.17) is 19.5 Å². The van der Waals surface area contributed by atoms with E-state index in [0.717, 1.165) is 12.1 Å². The largest absolute Gasteiger partial charge is 0.493 e. The lowest BCUT2D eigenvalue weighted by atomic mass is 10.1. The van der Waals surface area contributed by atoms with Crippen LogP contribution in [0.5, 0.6) is 23.0 Å². The first-order valence-corrected chi connectivity index (χ1v) is 6.41. The molecular formula is C16H12F3NO3. The van der Waals surface area contributed by atoms with Gasteiger partial charge in [0, 0.05) is 0 Å². The molecule has 0 aromatic heterocycles. The van der Waals surface area contributed by atoms with E-state index in [2.05, 4.69) is 0 Å². The number of alkyl halides is 3. The minimum absolute atomic E-state index is 0.0841. The molecule has 2 rings (SSSR count). The molecule has 0 unspecified atom stereocenters. The maximum absolute atomic E-state index is 13.0. The Morgan fingerprint density at radius 1 is 1.00 bits per heavy atom. The van der Waals surface area contributed by atoms with Gasteiger partial charge in [-0.15, -0.1) is 0 Å². The monoisotopic (exact) mass is 323 g/mol. The van der Waals surface area contributed by atoms with Gasteiger partial charge >= 0.3 is 6.18 Å². The van der Waals surface area contributed by atoms with Crippen molar-refractivity contribution in [2.45, 2.75) is 6.18 Å². The molecule has 0 atom stereocenters. The van der Waals surface area contributed by atoms with E-state index < -0.39 is 17.3 Å². The minimum atomic E-state index is -4.66. The van der Waals surface area contributed by atoms with Crippen molar-refractivity contribution in [3.8, 4) is 29.1 Å². The molecule has 2 aromatic carbocycles. The molecule has 0 heterocycles. The van der Waals surface area contributed by atoms with Gasteiger partial charge in [-0.3, -0.25) is 0 Å². The second-order valence-electron chi connectivity index (χ2n) is 4.41. The molecule has 0 aliphatic rings. The molecule has 0 amide bonds. The van der Waals surface area contributed by atoms with Gasteiger partial charge in [0.1, 0.15) is 5.75 Å². The highest BCUT2D eigenvalue weighted by Crippen LogP contribution is 2.41. The maximum Gasteiger partial charge on any atom is 0.417 e. The second kappa shape index (κ2) is 6.48. The Bertz CT molecular complexity index is 729. The predicted octanol–water partition coefficient (Wildman–Crippen LogP) is 4.39. The number of methoxy groups -OCH3 is 2. The van der Waals surface area contributed by atoms with E-state index in [1.165, 1.54) is 26.4 Å². The fourth-order valence-electron chi connectivity index (χ4n) is 1.95. The Labute approximate surface area is 130 Å². The van der Waals surface area contributed by atoms with E-state index >= 15 is 0 Å². The molecule has 120 valence electrons. The van der Waals surface area contributed by atoms with Crippen molar-refractivity contribution in [3.63, 3.8) is 0 Å². The van der Waals surface area contributed by atoms with Gasteiger partial charge in [-0.05, 0) is 30.3 Å². The zero-order chi connectivity index (χ0) is 17.0.